The summed E-state index contributed by atoms with van der Waals surface area (Å²) in [6.45, 7) is 7.70. The minimum absolute atomic E-state index is 0. The number of nitrogens with zero attached hydrogens (tertiary/aromatic N) is 3. The van der Waals surface area contributed by atoms with Crippen molar-refractivity contribution in [3.05, 3.63) is 18.0 Å². The van der Waals surface area contributed by atoms with Crippen LogP contribution in [0.2, 0.25) is 0 Å². The first-order valence-corrected chi connectivity index (χ1v) is 7.46. The zero-order valence-corrected chi connectivity index (χ0v) is 14.9. The summed E-state index contributed by atoms with van der Waals surface area (Å²) in [6.07, 6.45) is 3.08. The molecule has 6 nitrogen and oxygen atoms in total. The lowest BCUT2D eigenvalue weighted by Crippen LogP contribution is -2.40. The van der Waals surface area contributed by atoms with Crippen molar-refractivity contribution in [3.63, 3.8) is 0 Å². The predicted octanol–water partition coefficient (Wildman–Crippen LogP) is 1.54. The SMILES string of the molecule is CCn1nccc1[C@@H]1OCC[C@H]1CNC1=NCC(C)N1.I. The van der Waals surface area contributed by atoms with Crippen LogP contribution >= 0.6 is 24.0 Å². The molecule has 1 unspecified atom stereocenters. The molecule has 3 atom stereocenters. The summed E-state index contributed by atoms with van der Waals surface area (Å²) in [5.41, 5.74) is 1.19. The number of nitrogens with one attached hydrogen (secondary N) is 2. The molecule has 1 aromatic rings. The van der Waals surface area contributed by atoms with E-state index in [1.807, 2.05) is 10.9 Å². The highest BCUT2D eigenvalue weighted by Crippen LogP contribution is 2.33. The lowest BCUT2D eigenvalue weighted by molar-refractivity contribution is 0.0840. The Bertz CT molecular complexity index is 489. The number of ether oxygens (including phenoxy) is 1. The van der Waals surface area contributed by atoms with Crippen LogP contribution in [0.15, 0.2) is 17.3 Å². The van der Waals surface area contributed by atoms with Crippen LogP contribution in [-0.4, -0.2) is 41.5 Å². The van der Waals surface area contributed by atoms with Crippen LogP contribution in [0.3, 0.4) is 0 Å². The Kier molecular flexibility index (Phi) is 5.86. The molecule has 0 bridgehead atoms. The minimum Gasteiger partial charge on any atom is -0.372 e. The number of rotatable bonds is 4. The number of aryl methyl sites for hydroxylation is 1. The summed E-state index contributed by atoms with van der Waals surface area (Å²) < 4.78 is 7.95. The van der Waals surface area contributed by atoms with Crippen LogP contribution in [0.5, 0.6) is 0 Å². The van der Waals surface area contributed by atoms with Gasteiger partial charge in [-0.15, -0.1) is 24.0 Å². The largest absolute Gasteiger partial charge is 0.372 e. The lowest BCUT2D eigenvalue weighted by Gasteiger charge is -2.20. The van der Waals surface area contributed by atoms with Gasteiger partial charge in [0.25, 0.3) is 0 Å². The third-order valence-electron chi connectivity index (χ3n) is 3.99. The monoisotopic (exact) mass is 405 g/mol. The van der Waals surface area contributed by atoms with Gasteiger partial charge in [0.05, 0.1) is 12.2 Å². The maximum absolute atomic E-state index is 5.93. The summed E-state index contributed by atoms with van der Waals surface area (Å²) >= 11 is 0. The van der Waals surface area contributed by atoms with Crippen molar-refractivity contribution in [2.45, 2.75) is 39.0 Å². The molecule has 21 heavy (non-hydrogen) atoms. The quantitative estimate of drug-likeness (QED) is 0.747. The van der Waals surface area contributed by atoms with Crippen LogP contribution in [0.4, 0.5) is 0 Å². The Balaban J connectivity index is 0.00000161. The van der Waals surface area contributed by atoms with Crippen LogP contribution in [0.1, 0.15) is 32.1 Å². The van der Waals surface area contributed by atoms with Gasteiger partial charge in [-0.3, -0.25) is 9.67 Å². The second kappa shape index (κ2) is 7.44. The molecule has 0 aromatic carbocycles. The second-order valence-electron chi connectivity index (χ2n) is 5.53. The first-order valence-electron chi connectivity index (χ1n) is 7.46. The normalized spacial score (nSPS) is 27.9. The number of aliphatic imine (C=N–C) groups is 1. The smallest absolute Gasteiger partial charge is 0.191 e. The zero-order valence-electron chi connectivity index (χ0n) is 12.6. The van der Waals surface area contributed by atoms with E-state index >= 15 is 0 Å². The molecular formula is C14H24IN5O. The Morgan fingerprint density at radius 3 is 3.10 bits per heavy atom. The van der Waals surface area contributed by atoms with E-state index in [0.717, 1.165) is 38.6 Å². The van der Waals surface area contributed by atoms with Crippen molar-refractivity contribution in [1.82, 2.24) is 20.4 Å². The molecule has 2 N–H and O–H groups in total. The summed E-state index contributed by atoms with van der Waals surface area (Å²) in [5, 5.41) is 11.1. The van der Waals surface area contributed by atoms with Crippen molar-refractivity contribution >= 4 is 29.9 Å². The van der Waals surface area contributed by atoms with Gasteiger partial charge >= 0.3 is 0 Å². The van der Waals surface area contributed by atoms with Gasteiger partial charge in [0.1, 0.15) is 6.10 Å². The van der Waals surface area contributed by atoms with Gasteiger partial charge in [-0.05, 0) is 26.3 Å². The molecule has 118 valence electrons. The summed E-state index contributed by atoms with van der Waals surface area (Å²) in [5.74, 6) is 1.39. The molecule has 0 amide bonds. The van der Waals surface area contributed by atoms with E-state index in [0.29, 0.717) is 12.0 Å². The number of hydrogen-bond acceptors (Lipinski definition) is 5. The minimum atomic E-state index is 0. The maximum atomic E-state index is 5.93. The molecule has 1 fully saturated rings. The molecule has 2 aliphatic rings. The average molecular weight is 405 g/mol. The molecule has 0 spiro atoms. The fourth-order valence-electron chi connectivity index (χ4n) is 2.91. The highest BCUT2D eigenvalue weighted by atomic mass is 127. The topological polar surface area (TPSA) is 63.5 Å². The fraction of sp³-hybridized carbons (Fsp3) is 0.714. The number of halogens is 1. The van der Waals surface area contributed by atoms with Crippen molar-refractivity contribution in [1.29, 1.82) is 0 Å². The highest BCUT2D eigenvalue weighted by Gasteiger charge is 2.32. The van der Waals surface area contributed by atoms with Gasteiger partial charge < -0.3 is 15.4 Å². The summed E-state index contributed by atoms with van der Waals surface area (Å²) in [6, 6.07) is 2.51. The third kappa shape index (κ3) is 3.68. The van der Waals surface area contributed by atoms with E-state index in [9.17, 15) is 0 Å². The van der Waals surface area contributed by atoms with Gasteiger partial charge in [0.15, 0.2) is 5.96 Å². The Morgan fingerprint density at radius 2 is 2.38 bits per heavy atom. The van der Waals surface area contributed by atoms with Gasteiger partial charge in [0, 0.05) is 37.9 Å². The van der Waals surface area contributed by atoms with E-state index < -0.39 is 0 Å². The molecule has 1 aromatic heterocycles. The Hall–Kier alpha value is -0.830. The number of aromatic nitrogens is 2. The van der Waals surface area contributed by atoms with Gasteiger partial charge in [-0.25, -0.2) is 0 Å². The first-order chi connectivity index (χ1) is 9.78. The van der Waals surface area contributed by atoms with E-state index in [-0.39, 0.29) is 30.1 Å². The van der Waals surface area contributed by atoms with Crippen LogP contribution in [0, 0.1) is 5.92 Å². The Morgan fingerprint density at radius 1 is 1.52 bits per heavy atom. The molecular weight excluding hydrogens is 381 g/mol. The molecule has 1 saturated heterocycles. The molecule has 7 heteroatoms. The van der Waals surface area contributed by atoms with Crippen molar-refractivity contribution < 1.29 is 4.74 Å². The first kappa shape index (κ1) is 16.5. The molecule has 0 saturated carbocycles. The molecule has 0 aliphatic carbocycles. The van der Waals surface area contributed by atoms with E-state index in [1.54, 1.807) is 0 Å². The van der Waals surface area contributed by atoms with Crippen molar-refractivity contribution in [2.24, 2.45) is 10.9 Å². The maximum Gasteiger partial charge on any atom is 0.191 e. The van der Waals surface area contributed by atoms with Gasteiger partial charge in [0.2, 0.25) is 0 Å². The summed E-state index contributed by atoms with van der Waals surface area (Å²) in [4.78, 5) is 4.44. The predicted molar refractivity (Wildman–Crippen MR) is 93.0 cm³/mol. The van der Waals surface area contributed by atoms with E-state index in [1.165, 1.54) is 5.69 Å². The van der Waals surface area contributed by atoms with Gasteiger partial charge in [-0.1, -0.05) is 0 Å². The van der Waals surface area contributed by atoms with E-state index in [2.05, 4.69) is 40.6 Å². The van der Waals surface area contributed by atoms with Gasteiger partial charge in [-0.2, -0.15) is 5.10 Å². The van der Waals surface area contributed by atoms with E-state index in [4.69, 9.17) is 4.74 Å². The van der Waals surface area contributed by atoms with Crippen LogP contribution in [0.25, 0.3) is 0 Å². The molecule has 3 heterocycles. The number of hydrogen-bond donors (Lipinski definition) is 2. The number of guanidine groups is 1. The third-order valence-corrected chi connectivity index (χ3v) is 3.99. The highest BCUT2D eigenvalue weighted by molar-refractivity contribution is 14.0. The molecule has 0 radical (unpaired) electrons. The standard InChI is InChI=1S/C14H23N5O.HI/c1-3-19-12(4-6-17-19)13-11(5-7-20-13)9-16-14-15-8-10(2)18-14;/h4,6,10-11,13H,3,5,7-9H2,1-2H3,(H2,15,16,18);1H/t10?,11-,13+;/m0./s1. The Labute approximate surface area is 142 Å². The van der Waals surface area contributed by atoms with Crippen molar-refractivity contribution in [3.8, 4) is 0 Å². The van der Waals surface area contributed by atoms with Crippen LogP contribution in [-0.2, 0) is 11.3 Å². The van der Waals surface area contributed by atoms with Crippen LogP contribution < -0.4 is 10.6 Å². The zero-order chi connectivity index (χ0) is 13.9. The van der Waals surface area contributed by atoms with Crippen molar-refractivity contribution in [2.75, 3.05) is 19.7 Å². The molecule has 3 rings (SSSR count). The second-order valence-corrected chi connectivity index (χ2v) is 5.53. The lowest BCUT2D eigenvalue weighted by atomic mass is 9.99. The molecule has 2 aliphatic heterocycles. The fourth-order valence-corrected chi connectivity index (χ4v) is 2.91. The average Bonchev–Trinajstić information content (AvgIpc) is 3.15. The summed E-state index contributed by atoms with van der Waals surface area (Å²) in [7, 11) is 0.